The first-order valence-electron chi connectivity index (χ1n) is 10.6. The van der Waals surface area contributed by atoms with Crippen molar-refractivity contribution < 1.29 is 18.0 Å². The molecule has 0 fully saturated rings. The number of rotatable bonds is 10. The number of anilines is 1. The first-order chi connectivity index (χ1) is 15.2. The Morgan fingerprint density at radius 3 is 2.44 bits per heavy atom. The molecule has 3 aromatic rings. The first-order valence-corrected chi connectivity index (χ1v) is 12.0. The number of carbonyl (C=O) groups is 2. The molecule has 3 rings (SSSR count). The van der Waals surface area contributed by atoms with Crippen molar-refractivity contribution in [2.45, 2.75) is 44.6 Å². The van der Waals surface area contributed by atoms with Crippen LogP contribution in [-0.4, -0.2) is 47.6 Å². The number of aryl methyl sites for hydroxylation is 1. The van der Waals surface area contributed by atoms with Gasteiger partial charge in [-0.05, 0) is 44.0 Å². The van der Waals surface area contributed by atoms with Crippen molar-refractivity contribution in [2.24, 2.45) is 0 Å². The van der Waals surface area contributed by atoms with Gasteiger partial charge in [0.15, 0.2) is 5.78 Å². The molecule has 1 aromatic heterocycles. The Hall–Kier alpha value is -3.04. The minimum absolute atomic E-state index is 0.114. The summed E-state index contributed by atoms with van der Waals surface area (Å²) in [6.07, 6.45) is 1.43. The van der Waals surface area contributed by atoms with Gasteiger partial charge in [0.25, 0.3) is 0 Å². The standard InChI is InChI=1S/C23H28N4O4S/c1-4-15-27-21-9-6-5-8-20(21)24-23(27)25-22(29)10-7-16-26(3)32(30,31)19-13-11-18(12-14-19)17(2)28/h5-6,8-9,11-14H,4,7,10,15-16H2,1-3H3,(H,24,25,29). The number of para-hydroxylation sites is 2. The van der Waals surface area contributed by atoms with Crippen molar-refractivity contribution in [2.75, 3.05) is 18.9 Å². The Morgan fingerprint density at radius 2 is 1.78 bits per heavy atom. The summed E-state index contributed by atoms with van der Waals surface area (Å²) < 4.78 is 28.6. The van der Waals surface area contributed by atoms with Crippen LogP contribution in [0.25, 0.3) is 11.0 Å². The van der Waals surface area contributed by atoms with Crippen LogP contribution in [0.3, 0.4) is 0 Å². The lowest BCUT2D eigenvalue weighted by Gasteiger charge is -2.17. The van der Waals surface area contributed by atoms with Crippen LogP contribution >= 0.6 is 0 Å². The predicted molar refractivity (Wildman–Crippen MR) is 124 cm³/mol. The van der Waals surface area contributed by atoms with E-state index in [9.17, 15) is 18.0 Å². The molecule has 2 aromatic carbocycles. The summed E-state index contributed by atoms with van der Waals surface area (Å²) in [6, 6.07) is 13.6. The molecule has 0 saturated carbocycles. The van der Waals surface area contributed by atoms with E-state index in [0.29, 0.717) is 17.9 Å². The Labute approximate surface area is 188 Å². The van der Waals surface area contributed by atoms with E-state index in [-0.39, 0.29) is 29.6 Å². The van der Waals surface area contributed by atoms with Crippen molar-refractivity contribution in [1.82, 2.24) is 13.9 Å². The van der Waals surface area contributed by atoms with Crippen molar-refractivity contribution in [3.05, 3.63) is 54.1 Å². The van der Waals surface area contributed by atoms with E-state index in [1.54, 1.807) is 0 Å². The van der Waals surface area contributed by atoms with Gasteiger partial charge in [-0.25, -0.2) is 17.7 Å². The number of hydrogen-bond donors (Lipinski definition) is 1. The molecule has 0 bridgehead atoms. The number of amides is 1. The first kappa shape index (κ1) is 23.6. The van der Waals surface area contributed by atoms with Gasteiger partial charge in [0, 0.05) is 32.1 Å². The lowest BCUT2D eigenvalue weighted by atomic mass is 10.2. The summed E-state index contributed by atoms with van der Waals surface area (Å²) >= 11 is 0. The third-order valence-corrected chi connectivity index (χ3v) is 7.07. The van der Waals surface area contributed by atoms with Gasteiger partial charge in [-0.15, -0.1) is 0 Å². The summed E-state index contributed by atoms with van der Waals surface area (Å²) in [5, 5.41) is 2.86. The van der Waals surface area contributed by atoms with E-state index in [1.165, 1.54) is 42.5 Å². The third kappa shape index (κ3) is 5.23. The lowest BCUT2D eigenvalue weighted by molar-refractivity contribution is -0.116. The number of nitrogens with one attached hydrogen (secondary N) is 1. The fourth-order valence-corrected chi connectivity index (χ4v) is 4.64. The largest absolute Gasteiger partial charge is 0.310 e. The Balaban J connectivity index is 1.59. The summed E-state index contributed by atoms with van der Waals surface area (Å²) in [7, 11) is -2.22. The fourth-order valence-electron chi connectivity index (χ4n) is 3.43. The minimum atomic E-state index is -3.70. The molecule has 170 valence electrons. The Kier molecular flexibility index (Phi) is 7.42. The van der Waals surface area contributed by atoms with Crippen LogP contribution in [0, 0.1) is 0 Å². The zero-order chi connectivity index (χ0) is 23.3. The van der Waals surface area contributed by atoms with Gasteiger partial charge in [0.2, 0.25) is 21.9 Å². The maximum absolute atomic E-state index is 12.7. The molecule has 1 N–H and O–H groups in total. The quantitative estimate of drug-likeness (QED) is 0.469. The van der Waals surface area contributed by atoms with Crippen molar-refractivity contribution >= 4 is 38.7 Å². The highest BCUT2D eigenvalue weighted by molar-refractivity contribution is 7.89. The molecule has 9 heteroatoms. The molecule has 0 aliphatic heterocycles. The molecule has 1 amide bonds. The zero-order valence-corrected chi connectivity index (χ0v) is 19.4. The molecular formula is C23H28N4O4S. The molecule has 8 nitrogen and oxygen atoms in total. The molecule has 0 unspecified atom stereocenters. The number of Topliss-reactive ketones (excluding diaryl/α,β-unsaturated/α-hetero) is 1. The molecule has 0 radical (unpaired) electrons. The van der Waals surface area contributed by atoms with Gasteiger partial charge in [0.1, 0.15) is 0 Å². The number of sulfonamides is 1. The van der Waals surface area contributed by atoms with Gasteiger partial charge < -0.3 is 4.57 Å². The maximum Gasteiger partial charge on any atom is 0.242 e. The highest BCUT2D eigenvalue weighted by atomic mass is 32.2. The number of hydrogen-bond acceptors (Lipinski definition) is 5. The number of carbonyl (C=O) groups excluding carboxylic acids is 2. The van der Waals surface area contributed by atoms with Crippen LogP contribution < -0.4 is 5.32 Å². The molecule has 0 aliphatic carbocycles. The van der Waals surface area contributed by atoms with Crippen LogP contribution in [0.2, 0.25) is 0 Å². The average molecular weight is 457 g/mol. The summed E-state index contributed by atoms with van der Waals surface area (Å²) in [5.74, 6) is 0.166. The van der Waals surface area contributed by atoms with Crippen LogP contribution in [0.15, 0.2) is 53.4 Å². The van der Waals surface area contributed by atoms with Gasteiger partial charge >= 0.3 is 0 Å². The van der Waals surface area contributed by atoms with E-state index in [1.807, 2.05) is 28.8 Å². The molecule has 0 aliphatic rings. The Morgan fingerprint density at radius 1 is 1.09 bits per heavy atom. The smallest absolute Gasteiger partial charge is 0.242 e. The van der Waals surface area contributed by atoms with Gasteiger partial charge in [-0.1, -0.05) is 31.2 Å². The predicted octanol–water partition coefficient (Wildman–Crippen LogP) is 3.69. The van der Waals surface area contributed by atoms with E-state index < -0.39 is 10.0 Å². The van der Waals surface area contributed by atoms with Crippen molar-refractivity contribution in [3.63, 3.8) is 0 Å². The monoisotopic (exact) mass is 456 g/mol. The zero-order valence-electron chi connectivity index (χ0n) is 18.5. The second-order valence-corrected chi connectivity index (χ2v) is 9.68. The molecule has 0 saturated heterocycles. The van der Waals surface area contributed by atoms with Crippen molar-refractivity contribution in [1.29, 1.82) is 0 Å². The van der Waals surface area contributed by atoms with Gasteiger partial charge in [-0.3, -0.25) is 14.9 Å². The number of benzene rings is 2. The molecule has 0 spiro atoms. The van der Waals surface area contributed by atoms with Gasteiger partial charge in [0.05, 0.1) is 15.9 Å². The second-order valence-electron chi connectivity index (χ2n) is 7.63. The second kappa shape index (κ2) is 10.1. The van der Waals surface area contributed by atoms with E-state index in [4.69, 9.17) is 0 Å². The number of fused-ring (bicyclic) bond motifs is 1. The van der Waals surface area contributed by atoms with Crippen LogP contribution in [0.4, 0.5) is 5.95 Å². The SMILES string of the molecule is CCCn1c(NC(=O)CCCN(C)S(=O)(=O)c2ccc(C(C)=O)cc2)nc2ccccc21. The average Bonchev–Trinajstić information content (AvgIpc) is 3.11. The lowest BCUT2D eigenvalue weighted by Crippen LogP contribution is -2.28. The number of imidazole rings is 1. The molecule has 1 heterocycles. The minimum Gasteiger partial charge on any atom is -0.310 e. The fraction of sp³-hybridized carbons (Fsp3) is 0.348. The normalized spacial score (nSPS) is 11.8. The number of nitrogens with zero attached hydrogens (tertiary/aromatic N) is 3. The summed E-state index contributed by atoms with van der Waals surface area (Å²) in [4.78, 5) is 28.5. The van der Waals surface area contributed by atoms with Crippen LogP contribution in [-0.2, 0) is 21.4 Å². The van der Waals surface area contributed by atoms with E-state index >= 15 is 0 Å². The van der Waals surface area contributed by atoms with Crippen LogP contribution in [0.1, 0.15) is 43.5 Å². The Bertz CT molecular complexity index is 1220. The molecule has 32 heavy (non-hydrogen) atoms. The molecule has 0 atom stereocenters. The summed E-state index contributed by atoms with van der Waals surface area (Å²) in [6.45, 7) is 4.41. The number of ketones is 1. The third-order valence-electron chi connectivity index (χ3n) is 5.20. The highest BCUT2D eigenvalue weighted by Crippen LogP contribution is 2.20. The van der Waals surface area contributed by atoms with E-state index in [0.717, 1.165) is 24.0 Å². The summed E-state index contributed by atoms with van der Waals surface area (Å²) in [5.41, 5.74) is 2.24. The number of aromatic nitrogens is 2. The maximum atomic E-state index is 12.7. The highest BCUT2D eigenvalue weighted by Gasteiger charge is 2.21. The molecular weight excluding hydrogens is 428 g/mol. The van der Waals surface area contributed by atoms with Crippen molar-refractivity contribution in [3.8, 4) is 0 Å². The van der Waals surface area contributed by atoms with Gasteiger partial charge in [-0.2, -0.15) is 0 Å². The topological polar surface area (TPSA) is 101 Å². The van der Waals surface area contributed by atoms with Crippen LogP contribution in [0.5, 0.6) is 0 Å². The van der Waals surface area contributed by atoms with E-state index in [2.05, 4.69) is 17.2 Å².